The number of ether oxygens (including phenoxy) is 2. The van der Waals surface area contributed by atoms with Crippen molar-refractivity contribution in [2.45, 2.75) is 44.9 Å². The zero-order valence-electron chi connectivity index (χ0n) is 13.1. The number of halogens is 1. The van der Waals surface area contributed by atoms with Gasteiger partial charge in [0.2, 0.25) is 0 Å². The van der Waals surface area contributed by atoms with E-state index in [0.29, 0.717) is 13.2 Å². The summed E-state index contributed by atoms with van der Waals surface area (Å²) >= 11 is 0. The molecule has 2 rings (SSSR count). The highest BCUT2D eigenvalue weighted by atomic mass is 35.5. The Morgan fingerprint density at radius 3 is 2.50 bits per heavy atom. The molecule has 1 N–H and O–H groups in total. The lowest BCUT2D eigenvalue weighted by Gasteiger charge is -2.61. The number of hydrogen-bond donors (Lipinski definition) is 1. The van der Waals surface area contributed by atoms with Gasteiger partial charge in [-0.15, -0.1) is 12.4 Å². The fourth-order valence-electron chi connectivity index (χ4n) is 3.18. The predicted molar refractivity (Wildman–Crippen MR) is 80.2 cm³/mol. The second-order valence-electron chi connectivity index (χ2n) is 6.39. The molecule has 1 saturated carbocycles. The van der Waals surface area contributed by atoms with Gasteiger partial charge in [-0.3, -0.25) is 4.79 Å². The molecule has 1 amide bonds. The lowest BCUT2D eigenvalue weighted by Crippen LogP contribution is -2.69. The van der Waals surface area contributed by atoms with Crippen molar-refractivity contribution in [3.05, 3.63) is 0 Å². The molecule has 2 aliphatic rings. The molecule has 3 unspecified atom stereocenters. The van der Waals surface area contributed by atoms with Crippen LogP contribution in [0, 0.1) is 5.41 Å². The first-order chi connectivity index (χ1) is 8.83. The molecule has 118 valence electrons. The van der Waals surface area contributed by atoms with Gasteiger partial charge < -0.3 is 19.7 Å². The third kappa shape index (κ3) is 2.69. The number of morpholine rings is 1. The van der Waals surface area contributed by atoms with Crippen LogP contribution >= 0.6 is 12.4 Å². The number of rotatable bonds is 3. The standard InChI is InChI=1S/C14H26N2O3.ClH/c1-13(2)11(8-14(13,3)18-5)16(4)12(17)10-9-15-6-7-19-10;/h10-11,15H,6-9H2,1-5H3;1H. The van der Waals surface area contributed by atoms with Crippen LogP contribution in [-0.4, -0.2) is 62.4 Å². The summed E-state index contributed by atoms with van der Waals surface area (Å²) < 4.78 is 11.2. The molecule has 1 saturated heterocycles. The summed E-state index contributed by atoms with van der Waals surface area (Å²) in [5.74, 6) is 0.0726. The van der Waals surface area contributed by atoms with Crippen molar-refractivity contribution in [2.24, 2.45) is 5.41 Å². The average molecular weight is 307 g/mol. The largest absolute Gasteiger partial charge is 0.378 e. The highest BCUT2D eigenvalue weighted by molar-refractivity contribution is 5.85. The van der Waals surface area contributed by atoms with Crippen LogP contribution in [0.1, 0.15) is 27.2 Å². The Balaban J connectivity index is 0.00000200. The van der Waals surface area contributed by atoms with Crippen LogP contribution in [0.2, 0.25) is 0 Å². The zero-order chi connectivity index (χ0) is 14.3. The molecular weight excluding hydrogens is 280 g/mol. The Morgan fingerprint density at radius 2 is 2.05 bits per heavy atom. The smallest absolute Gasteiger partial charge is 0.253 e. The molecule has 1 aliphatic carbocycles. The average Bonchev–Trinajstić information content (AvgIpc) is 2.43. The van der Waals surface area contributed by atoms with E-state index in [4.69, 9.17) is 9.47 Å². The molecule has 0 bridgehead atoms. The molecule has 6 heteroatoms. The maximum absolute atomic E-state index is 12.4. The fourth-order valence-corrected chi connectivity index (χ4v) is 3.18. The van der Waals surface area contributed by atoms with Gasteiger partial charge in [0.05, 0.1) is 12.2 Å². The van der Waals surface area contributed by atoms with E-state index >= 15 is 0 Å². The van der Waals surface area contributed by atoms with Crippen molar-refractivity contribution in [3.8, 4) is 0 Å². The molecule has 1 heterocycles. The van der Waals surface area contributed by atoms with Gasteiger partial charge in [-0.25, -0.2) is 0 Å². The normalized spacial score (nSPS) is 35.6. The van der Waals surface area contributed by atoms with Crippen LogP contribution in [0.3, 0.4) is 0 Å². The van der Waals surface area contributed by atoms with E-state index < -0.39 is 0 Å². The monoisotopic (exact) mass is 306 g/mol. The van der Waals surface area contributed by atoms with Crippen molar-refractivity contribution in [1.29, 1.82) is 0 Å². The topological polar surface area (TPSA) is 50.8 Å². The predicted octanol–water partition coefficient (Wildman–Crippen LogP) is 1.06. The van der Waals surface area contributed by atoms with Gasteiger partial charge in [-0.1, -0.05) is 13.8 Å². The van der Waals surface area contributed by atoms with E-state index in [1.807, 2.05) is 11.9 Å². The van der Waals surface area contributed by atoms with Gasteiger partial charge in [0.15, 0.2) is 0 Å². The van der Waals surface area contributed by atoms with Crippen molar-refractivity contribution < 1.29 is 14.3 Å². The molecule has 5 nitrogen and oxygen atoms in total. The van der Waals surface area contributed by atoms with Crippen molar-refractivity contribution >= 4 is 18.3 Å². The van der Waals surface area contributed by atoms with Crippen LogP contribution in [0.25, 0.3) is 0 Å². The Kier molecular flexibility index (Phi) is 5.46. The number of hydrogen-bond acceptors (Lipinski definition) is 4. The number of nitrogens with zero attached hydrogens (tertiary/aromatic N) is 1. The van der Waals surface area contributed by atoms with Crippen LogP contribution in [-0.2, 0) is 14.3 Å². The van der Waals surface area contributed by atoms with Gasteiger partial charge >= 0.3 is 0 Å². The van der Waals surface area contributed by atoms with E-state index in [1.165, 1.54) is 0 Å². The summed E-state index contributed by atoms with van der Waals surface area (Å²) in [5.41, 5.74) is -0.202. The van der Waals surface area contributed by atoms with Gasteiger partial charge in [0, 0.05) is 38.7 Å². The number of likely N-dealkylation sites (N-methyl/N-ethyl adjacent to an activating group) is 1. The van der Waals surface area contributed by atoms with Crippen molar-refractivity contribution in [2.75, 3.05) is 33.9 Å². The molecular formula is C14H27ClN2O3. The first-order valence-electron chi connectivity index (χ1n) is 6.97. The summed E-state index contributed by atoms with van der Waals surface area (Å²) in [6, 6.07) is 0.204. The Hall–Kier alpha value is -0.360. The number of amides is 1. The summed E-state index contributed by atoms with van der Waals surface area (Å²) in [6.45, 7) is 8.47. The van der Waals surface area contributed by atoms with E-state index in [1.54, 1.807) is 7.11 Å². The summed E-state index contributed by atoms with van der Waals surface area (Å²) in [6.07, 6.45) is 0.530. The third-order valence-corrected chi connectivity index (χ3v) is 5.25. The first-order valence-corrected chi connectivity index (χ1v) is 6.97. The number of nitrogens with one attached hydrogen (secondary N) is 1. The highest BCUT2D eigenvalue weighted by Gasteiger charge is 2.60. The van der Waals surface area contributed by atoms with Crippen LogP contribution in [0.15, 0.2) is 0 Å². The molecule has 2 fully saturated rings. The minimum absolute atomic E-state index is 0. The van der Waals surface area contributed by atoms with Crippen LogP contribution in [0.4, 0.5) is 0 Å². The molecule has 0 aromatic heterocycles. The lowest BCUT2D eigenvalue weighted by molar-refractivity contribution is -0.210. The Labute approximate surface area is 127 Å². The van der Waals surface area contributed by atoms with Crippen LogP contribution < -0.4 is 5.32 Å². The van der Waals surface area contributed by atoms with E-state index in [2.05, 4.69) is 26.1 Å². The van der Waals surface area contributed by atoms with E-state index in [9.17, 15) is 4.79 Å². The van der Waals surface area contributed by atoms with E-state index in [-0.39, 0.29) is 41.5 Å². The number of carbonyl (C=O) groups is 1. The van der Waals surface area contributed by atoms with Crippen LogP contribution in [0.5, 0.6) is 0 Å². The van der Waals surface area contributed by atoms with Gasteiger partial charge in [-0.2, -0.15) is 0 Å². The minimum Gasteiger partial charge on any atom is -0.378 e. The molecule has 20 heavy (non-hydrogen) atoms. The van der Waals surface area contributed by atoms with Crippen molar-refractivity contribution in [1.82, 2.24) is 10.2 Å². The minimum atomic E-state index is -0.344. The SMILES string of the molecule is COC1(C)CC(N(C)C(=O)C2CNCCO2)C1(C)C.Cl. The Bertz CT molecular complexity index is 358. The fraction of sp³-hybridized carbons (Fsp3) is 0.929. The van der Waals surface area contributed by atoms with Gasteiger partial charge in [-0.05, 0) is 13.3 Å². The van der Waals surface area contributed by atoms with E-state index in [0.717, 1.165) is 13.0 Å². The molecule has 1 aliphatic heterocycles. The quantitative estimate of drug-likeness (QED) is 0.847. The Morgan fingerprint density at radius 1 is 1.40 bits per heavy atom. The maximum Gasteiger partial charge on any atom is 0.253 e. The highest BCUT2D eigenvalue weighted by Crippen LogP contribution is 2.53. The number of carbonyl (C=O) groups excluding carboxylic acids is 1. The van der Waals surface area contributed by atoms with Gasteiger partial charge in [0.25, 0.3) is 5.91 Å². The summed E-state index contributed by atoms with van der Waals surface area (Å²) in [5, 5.41) is 3.20. The number of methoxy groups -OCH3 is 1. The first kappa shape index (κ1) is 17.7. The molecule has 0 spiro atoms. The summed E-state index contributed by atoms with van der Waals surface area (Å²) in [7, 11) is 3.62. The third-order valence-electron chi connectivity index (χ3n) is 5.25. The van der Waals surface area contributed by atoms with Gasteiger partial charge in [0.1, 0.15) is 6.10 Å². The van der Waals surface area contributed by atoms with Crippen molar-refractivity contribution in [3.63, 3.8) is 0 Å². The molecule has 0 aromatic rings. The second-order valence-corrected chi connectivity index (χ2v) is 6.39. The second kappa shape index (κ2) is 6.18. The molecule has 3 atom stereocenters. The maximum atomic E-state index is 12.4. The molecule has 0 aromatic carbocycles. The molecule has 0 radical (unpaired) electrons. The zero-order valence-corrected chi connectivity index (χ0v) is 13.9. The lowest BCUT2D eigenvalue weighted by atomic mass is 9.55. The summed E-state index contributed by atoms with van der Waals surface area (Å²) in [4.78, 5) is 14.3.